The molecule has 0 aliphatic carbocycles. The molecule has 156 valence electrons. The topological polar surface area (TPSA) is 89.3 Å². The summed E-state index contributed by atoms with van der Waals surface area (Å²) in [5.41, 5.74) is 3.16. The van der Waals surface area contributed by atoms with Gasteiger partial charge in [-0.25, -0.2) is 14.6 Å². The van der Waals surface area contributed by atoms with Gasteiger partial charge in [0.05, 0.1) is 19.3 Å². The molecule has 2 aliphatic rings. The highest BCUT2D eigenvalue weighted by Crippen LogP contribution is 2.24. The SMILES string of the molecule is Cc1ccccc1C(=O)N1CCOC(Cn2nnc3c(N4CCCC4)ncnc32)C1. The molecule has 30 heavy (non-hydrogen) atoms. The molecule has 3 aromatic rings. The van der Waals surface area contributed by atoms with Gasteiger partial charge in [-0.3, -0.25) is 4.79 Å². The van der Waals surface area contributed by atoms with Gasteiger partial charge >= 0.3 is 0 Å². The number of hydrogen-bond acceptors (Lipinski definition) is 7. The van der Waals surface area contributed by atoms with Crippen LogP contribution in [0, 0.1) is 6.92 Å². The van der Waals surface area contributed by atoms with Crippen molar-refractivity contribution in [2.75, 3.05) is 37.7 Å². The predicted octanol–water partition coefficient (Wildman–Crippen LogP) is 1.67. The van der Waals surface area contributed by atoms with Crippen molar-refractivity contribution in [1.82, 2.24) is 29.9 Å². The lowest BCUT2D eigenvalue weighted by atomic mass is 10.1. The lowest BCUT2D eigenvalue weighted by Gasteiger charge is -2.33. The third-order valence-electron chi connectivity index (χ3n) is 5.86. The number of ether oxygens (including phenoxy) is 1. The number of amides is 1. The van der Waals surface area contributed by atoms with Gasteiger partial charge in [0, 0.05) is 31.7 Å². The molecule has 2 aromatic heterocycles. The molecule has 1 atom stereocenters. The number of benzene rings is 1. The van der Waals surface area contributed by atoms with Gasteiger partial charge in [0.25, 0.3) is 5.91 Å². The quantitative estimate of drug-likeness (QED) is 0.650. The Morgan fingerprint density at radius 1 is 1.17 bits per heavy atom. The van der Waals surface area contributed by atoms with Crippen LogP contribution in [-0.2, 0) is 11.3 Å². The van der Waals surface area contributed by atoms with Crippen molar-refractivity contribution in [1.29, 1.82) is 0 Å². The molecule has 0 saturated carbocycles. The third-order valence-corrected chi connectivity index (χ3v) is 5.86. The Labute approximate surface area is 174 Å². The van der Waals surface area contributed by atoms with Crippen LogP contribution in [-0.4, -0.2) is 74.7 Å². The molecule has 1 unspecified atom stereocenters. The second-order valence-electron chi connectivity index (χ2n) is 7.89. The number of rotatable bonds is 4. The zero-order valence-corrected chi connectivity index (χ0v) is 17.1. The number of nitrogens with zero attached hydrogens (tertiary/aromatic N) is 7. The van der Waals surface area contributed by atoms with Gasteiger partial charge in [-0.05, 0) is 31.4 Å². The average Bonchev–Trinajstić information content (AvgIpc) is 3.44. The highest BCUT2D eigenvalue weighted by Gasteiger charge is 2.27. The number of fused-ring (bicyclic) bond motifs is 1. The Morgan fingerprint density at radius 3 is 2.83 bits per heavy atom. The van der Waals surface area contributed by atoms with Gasteiger partial charge < -0.3 is 14.5 Å². The van der Waals surface area contributed by atoms with Crippen LogP contribution in [0.4, 0.5) is 5.82 Å². The largest absolute Gasteiger partial charge is 0.373 e. The van der Waals surface area contributed by atoms with Gasteiger partial charge in [-0.2, -0.15) is 0 Å². The second-order valence-corrected chi connectivity index (χ2v) is 7.89. The molecule has 1 aromatic carbocycles. The number of aromatic nitrogens is 5. The van der Waals surface area contributed by atoms with Gasteiger partial charge in [-0.1, -0.05) is 23.4 Å². The zero-order chi connectivity index (χ0) is 20.5. The van der Waals surface area contributed by atoms with E-state index in [4.69, 9.17) is 4.74 Å². The van der Waals surface area contributed by atoms with Crippen LogP contribution in [0.1, 0.15) is 28.8 Å². The van der Waals surface area contributed by atoms with Crippen molar-refractivity contribution in [3.05, 3.63) is 41.7 Å². The highest BCUT2D eigenvalue weighted by molar-refractivity contribution is 5.95. The monoisotopic (exact) mass is 407 g/mol. The maximum absolute atomic E-state index is 13.0. The maximum Gasteiger partial charge on any atom is 0.254 e. The highest BCUT2D eigenvalue weighted by atomic mass is 16.5. The Kier molecular flexibility index (Phi) is 5.04. The minimum absolute atomic E-state index is 0.0449. The summed E-state index contributed by atoms with van der Waals surface area (Å²) in [4.78, 5) is 25.9. The first-order chi connectivity index (χ1) is 14.7. The number of anilines is 1. The molecule has 5 rings (SSSR count). The molecule has 0 bridgehead atoms. The van der Waals surface area contributed by atoms with Crippen molar-refractivity contribution in [2.45, 2.75) is 32.4 Å². The van der Waals surface area contributed by atoms with E-state index in [0.29, 0.717) is 31.9 Å². The lowest BCUT2D eigenvalue weighted by Crippen LogP contribution is -2.47. The number of hydrogen-bond donors (Lipinski definition) is 0. The van der Waals surface area contributed by atoms with E-state index in [2.05, 4.69) is 25.2 Å². The van der Waals surface area contributed by atoms with Crippen molar-refractivity contribution in [3.8, 4) is 0 Å². The van der Waals surface area contributed by atoms with Crippen LogP contribution in [0.15, 0.2) is 30.6 Å². The first kappa shape index (κ1) is 18.9. The summed E-state index contributed by atoms with van der Waals surface area (Å²) in [6.07, 6.45) is 3.74. The van der Waals surface area contributed by atoms with Crippen molar-refractivity contribution in [2.24, 2.45) is 0 Å². The summed E-state index contributed by atoms with van der Waals surface area (Å²) in [6.45, 7) is 6.03. The molecule has 0 radical (unpaired) electrons. The fourth-order valence-corrected chi connectivity index (χ4v) is 4.25. The Hall–Kier alpha value is -3.07. The van der Waals surface area contributed by atoms with Crippen LogP contribution >= 0.6 is 0 Å². The summed E-state index contributed by atoms with van der Waals surface area (Å²) in [7, 11) is 0. The van der Waals surface area contributed by atoms with Crippen LogP contribution in [0.25, 0.3) is 11.2 Å². The van der Waals surface area contributed by atoms with Crippen molar-refractivity contribution < 1.29 is 9.53 Å². The summed E-state index contributed by atoms with van der Waals surface area (Å²) >= 11 is 0. The maximum atomic E-state index is 13.0. The Bertz CT molecular complexity index is 1060. The van der Waals surface area contributed by atoms with Crippen molar-refractivity contribution >= 4 is 22.9 Å². The van der Waals surface area contributed by atoms with E-state index in [0.717, 1.165) is 35.6 Å². The molecular formula is C21H25N7O2. The van der Waals surface area contributed by atoms with E-state index < -0.39 is 0 Å². The molecule has 9 heteroatoms. The minimum atomic E-state index is -0.165. The molecule has 4 heterocycles. The van der Waals surface area contributed by atoms with E-state index in [9.17, 15) is 4.79 Å². The van der Waals surface area contributed by atoms with E-state index in [1.165, 1.54) is 12.8 Å². The zero-order valence-electron chi connectivity index (χ0n) is 17.1. The predicted molar refractivity (Wildman–Crippen MR) is 111 cm³/mol. The number of aryl methyl sites for hydroxylation is 1. The molecule has 2 fully saturated rings. The molecule has 0 spiro atoms. The third kappa shape index (κ3) is 3.49. The standard InChI is InChI=1S/C21H25N7O2/c1-15-6-2-3-7-17(15)21(29)27-10-11-30-16(12-27)13-28-20-18(24-25-28)19(22-14-23-20)26-8-4-5-9-26/h2-3,6-7,14,16H,4-5,8-13H2,1H3. The Morgan fingerprint density at radius 2 is 2.00 bits per heavy atom. The molecule has 0 N–H and O–H groups in total. The molecule has 2 aliphatic heterocycles. The summed E-state index contributed by atoms with van der Waals surface area (Å²) < 4.78 is 7.71. The second kappa shape index (κ2) is 7.98. The molecular weight excluding hydrogens is 382 g/mol. The smallest absolute Gasteiger partial charge is 0.254 e. The van der Waals surface area contributed by atoms with Crippen LogP contribution < -0.4 is 4.90 Å². The van der Waals surface area contributed by atoms with E-state index >= 15 is 0 Å². The van der Waals surface area contributed by atoms with Crippen LogP contribution in [0.2, 0.25) is 0 Å². The molecule has 1 amide bonds. The summed E-state index contributed by atoms with van der Waals surface area (Å²) in [6, 6.07) is 7.69. The van der Waals surface area contributed by atoms with Crippen LogP contribution in [0.3, 0.4) is 0 Å². The summed E-state index contributed by atoms with van der Waals surface area (Å²) in [5, 5.41) is 8.67. The lowest BCUT2D eigenvalue weighted by molar-refractivity contribution is -0.0297. The Balaban J connectivity index is 1.33. The fourth-order valence-electron chi connectivity index (χ4n) is 4.25. The summed E-state index contributed by atoms with van der Waals surface area (Å²) in [5.74, 6) is 0.896. The van der Waals surface area contributed by atoms with Gasteiger partial charge in [0.1, 0.15) is 6.33 Å². The van der Waals surface area contributed by atoms with E-state index in [1.54, 1.807) is 11.0 Å². The molecule has 2 saturated heterocycles. The fraction of sp³-hybridized carbons (Fsp3) is 0.476. The van der Waals surface area contributed by atoms with Crippen LogP contribution in [0.5, 0.6) is 0 Å². The van der Waals surface area contributed by atoms with Gasteiger partial charge in [-0.15, -0.1) is 5.10 Å². The average molecular weight is 407 g/mol. The van der Waals surface area contributed by atoms with E-state index in [1.807, 2.05) is 36.1 Å². The molecule has 9 nitrogen and oxygen atoms in total. The van der Waals surface area contributed by atoms with Gasteiger partial charge in [0.2, 0.25) is 0 Å². The first-order valence-electron chi connectivity index (χ1n) is 10.5. The first-order valence-corrected chi connectivity index (χ1v) is 10.5. The normalized spacial score (nSPS) is 19.6. The number of carbonyl (C=O) groups is 1. The number of carbonyl (C=O) groups excluding carboxylic acids is 1. The minimum Gasteiger partial charge on any atom is -0.373 e. The van der Waals surface area contributed by atoms with E-state index in [-0.39, 0.29) is 12.0 Å². The van der Waals surface area contributed by atoms with Crippen molar-refractivity contribution in [3.63, 3.8) is 0 Å². The number of morpholine rings is 1. The van der Waals surface area contributed by atoms with Gasteiger partial charge in [0.15, 0.2) is 17.0 Å².